The van der Waals surface area contributed by atoms with E-state index in [0.29, 0.717) is 72.5 Å². The molecule has 308 valence electrons. The Balaban J connectivity index is 1.46. The number of phenolic OH excluding ortho intramolecular Hbond substituents is 2. The van der Waals surface area contributed by atoms with Gasteiger partial charge in [-0.15, -0.1) is 0 Å². The summed E-state index contributed by atoms with van der Waals surface area (Å²) in [4.78, 5) is 53.1. The first kappa shape index (κ1) is 43.0. The summed E-state index contributed by atoms with van der Waals surface area (Å²) in [6.07, 6.45) is 7.59. The summed E-state index contributed by atoms with van der Waals surface area (Å²) >= 11 is 15.4. The molecule has 12 nitrogen and oxygen atoms in total. The van der Waals surface area contributed by atoms with Crippen molar-refractivity contribution in [2.75, 3.05) is 40.4 Å². The van der Waals surface area contributed by atoms with Crippen LogP contribution in [0.2, 0.25) is 10.0 Å². The molecular weight excluding hydrogens is 819 g/mol. The molecule has 0 radical (unpaired) electrons. The van der Waals surface area contributed by atoms with Gasteiger partial charge in [-0.2, -0.15) is 0 Å². The van der Waals surface area contributed by atoms with Gasteiger partial charge in [0.1, 0.15) is 23.0 Å². The molecule has 0 spiro atoms. The number of carboxylic acid groups (broad SMARTS) is 2. The van der Waals surface area contributed by atoms with Crippen LogP contribution in [0.3, 0.4) is 0 Å². The topological polar surface area (TPSA) is 174 Å². The number of carboxylic acids is 2. The monoisotopic (exact) mass is 860 g/mol. The van der Waals surface area contributed by atoms with Crippen LogP contribution in [0.25, 0.3) is 34.4 Å². The highest BCUT2D eigenvalue weighted by Crippen LogP contribution is 2.55. The van der Waals surface area contributed by atoms with Crippen molar-refractivity contribution in [1.82, 2.24) is 9.80 Å². The Hall–Kier alpha value is -5.63. The number of methoxy groups -OCH3 is 2. The molecule has 2 saturated heterocycles. The van der Waals surface area contributed by atoms with Crippen molar-refractivity contribution < 1.29 is 49.1 Å². The average Bonchev–Trinajstić information content (AvgIpc) is 3.24. The van der Waals surface area contributed by atoms with Gasteiger partial charge in [-0.05, 0) is 73.2 Å². The van der Waals surface area contributed by atoms with Gasteiger partial charge in [0.2, 0.25) is 11.8 Å². The molecule has 2 amide bonds. The summed E-state index contributed by atoms with van der Waals surface area (Å²) in [6, 6.07) is 16.8. The quantitative estimate of drug-likeness (QED) is 0.101. The van der Waals surface area contributed by atoms with Crippen molar-refractivity contribution in [2.45, 2.75) is 35.5 Å². The van der Waals surface area contributed by atoms with Crippen LogP contribution in [0.5, 0.6) is 23.0 Å². The third-order valence-electron chi connectivity index (χ3n) is 10.4. The molecule has 0 aromatic heterocycles. The molecule has 0 aliphatic carbocycles. The largest absolute Gasteiger partial charge is 0.507 e. The zero-order valence-electron chi connectivity index (χ0n) is 32.2. The van der Waals surface area contributed by atoms with Crippen LogP contribution in [-0.4, -0.2) is 94.4 Å². The zero-order valence-corrected chi connectivity index (χ0v) is 34.5. The fraction of sp³-hybridized carbons (Fsp3) is 0.273. The highest BCUT2D eigenvalue weighted by molar-refractivity contribution is 7.99. The van der Waals surface area contributed by atoms with Gasteiger partial charge in [0.25, 0.3) is 0 Å². The first-order chi connectivity index (χ1) is 28.3. The summed E-state index contributed by atoms with van der Waals surface area (Å²) in [5.41, 5.74) is 2.20. The number of carbonyl (C=O) groups excluding carboxylic acids is 2. The minimum absolute atomic E-state index is 0.0800. The third kappa shape index (κ3) is 9.48. The summed E-state index contributed by atoms with van der Waals surface area (Å²) in [5, 5.41) is 43.0. The second kappa shape index (κ2) is 19.0. The van der Waals surface area contributed by atoms with Crippen molar-refractivity contribution in [3.8, 4) is 45.3 Å². The molecule has 2 heterocycles. The van der Waals surface area contributed by atoms with Crippen LogP contribution < -0.4 is 9.47 Å². The molecule has 0 saturated carbocycles. The van der Waals surface area contributed by atoms with E-state index >= 15 is 0 Å². The summed E-state index contributed by atoms with van der Waals surface area (Å²) in [7, 11) is 2.98. The van der Waals surface area contributed by atoms with Crippen molar-refractivity contribution in [3.63, 3.8) is 0 Å². The molecule has 4 N–H and O–H groups in total. The standard InChI is InChI=1S/C44H42Cl2N2O10S/c1-57-33-13-5-3-11-29(33)37-39(45)25(15-17-35(51)47-19-7-9-27(23-47)43(53)54)21-31(49)41(37)59-42-32(50)22-26(40(46)38(42)30-12-4-6-14-34(30)58-2)16-18-36(52)48-20-8-10-28(24-48)44(55)56/h3-6,11-18,21-22,27-28,49-50H,7-10,19-20,23-24H2,1-2H3,(H,53,54)(H,55,56). The average molecular weight is 862 g/mol. The van der Waals surface area contributed by atoms with E-state index in [9.17, 15) is 39.6 Å². The maximum Gasteiger partial charge on any atom is 0.308 e. The number of likely N-dealkylation sites (tertiary alicyclic amines) is 2. The Labute approximate surface area is 355 Å². The van der Waals surface area contributed by atoms with Crippen LogP contribution in [0.15, 0.2) is 82.6 Å². The van der Waals surface area contributed by atoms with Crippen molar-refractivity contribution in [3.05, 3.63) is 94.0 Å². The fourth-order valence-corrected chi connectivity index (χ4v) is 9.22. The molecule has 59 heavy (non-hydrogen) atoms. The fourth-order valence-electron chi connectivity index (χ4n) is 7.32. The second-order valence-corrected chi connectivity index (χ2v) is 15.9. The van der Waals surface area contributed by atoms with Gasteiger partial charge in [0.05, 0.1) is 45.9 Å². The minimum Gasteiger partial charge on any atom is -0.507 e. The molecule has 2 fully saturated rings. The number of piperidine rings is 2. The summed E-state index contributed by atoms with van der Waals surface area (Å²) in [5.74, 6) is -3.71. The number of phenols is 2. The Kier molecular flexibility index (Phi) is 13.8. The van der Waals surface area contributed by atoms with Gasteiger partial charge in [-0.1, -0.05) is 71.4 Å². The Morgan fingerprint density at radius 1 is 0.678 bits per heavy atom. The Morgan fingerprint density at radius 3 is 1.44 bits per heavy atom. The predicted molar refractivity (Wildman–Crippen MR) is 226 cm³/mol. The number of hydrogen-bond donors (Lipinski definition) is 4. The van der Waals surface area contributed by atoms with Crippen molar-refractivity contribution in [1.29, 1.82) is 0 Å². The maximum atomic E-state index is 13.2. The van der Waals surface area contributed by atoms with Crippen LogP contribution in [-0.2, 0) is 19.2 Å². The van der Waals surface area contributed by atoms with Gasteiger partial charge < -0.3 is 39.7 Å². The molecule has 15 heteroatoms. The van der Waals surface area contributed by atoms with Crippen LogP contribution in [0, 0.1) is 11.8 Å². The molecular formula is C44H42Cl2N2O10S. The summed E-state index contributed by atoms with van der Waals surface area (Å²) < 4.78 is 11.4. The molecule has 2 atom stereocenters. The van der Waals surface area contributed by atoms with Gasteiger partial charge >= 0.3 is 11.9 Å². The molecule has 2 aliphatic rings. The number of para-hydroxylation sites is 2. The SMILES string of the molecule is COc1ccccc1-c1c(Cl)c(C=CC(=O)N2CCCC(C(=O)O)C2)cc(O)c1Sc1c(O)cc(C=CC(=O)N2CCCC(C(=O)O)C2)c(Cl)c1-c1ccccc1OC. The molecule has 2 aliphatic heterocycles. The highest BCUT2D eigenvalue weighted by atomic mass is 35.5. The predicted octanol–water partition coefficient (Wildman–Crippen LogP) is 8.58. The van der Waals surface area contributed by atoms with Crippen molar-refractivity contribution in [2.24, 2.45) is 11.8 Å². The second-order valence-electron chi connectivity index (χ2n) is 14.1. The number of nitrogens with zero attached hydrogens (tertiary/aromatic N) is 2. The number of rotatable bonds is 12. The third-order valence-corrected chi connectivity index (χ3v) is 12.4. The van der Waals surface area contributed by atoms with E-state index in [0.717, 1.165) is 11.8 Å². The molecule has 0 bridgehead atoms. The zero-order chi connectivity index (χ0) is 42.4. The van der Waals surface area contributed by atoms with Gasteiger partial charge in [-0.25, -0.2) is 0 Å². The van der Waals surface area contributed by atoms with E-state index in [-0.39, 0.29) is 55.6 Å². The number of amides is 2. The smallest absolute Gasteiger partial charge is 0.308 e. The van der Waals surface area contributed by atoms with E-state index in [1.165, 1.54) is 60.5 Å². The normalized spacial score (nSPS) is 17.0. The van der Waals surface area contributed by atoms with Crippen LogP contribution in [0.4, 0.5) is 0 Å². The molecule has 2 unspecified atom stereocenters. The summed E-state index contributed by atoms with van der Waals surface area (Å²) in [6.45, 7) is 0.976. The van der Waals surface area contributed by atoms with E-state index in [2.05, 4.69) is 0 Å². The minimum atomic E-state index is -0.957. The Morgan fingerprint density at radius 2 is 1.07 bits per heavy atom. The van der Waals surface area contributed by atoms with Gasteiger partial charge in [0.15, 0.2) is 0 Å². The lowest BCUT2D eigenvalue weighted by atomic mass is 9.98. The van der Waals surface area contributed by atoms with E-state index in [1.54, 1.807) is 48.5 Å². The number of halogens is 2. The van der Waals surface area contributed by atoms with E-state index < -0.39 is 35.6 Å². The number of aromatic hydroxyl groups is 2. The number of aliphatic carboxylic acids is 2. The lowest BCUT2D eigenvalue weighted by molar-refractivity contribution is -0.146. The maximum absolute atomic E-state index is 13.2. The van der Waals surface area contributed by atoms with E-state index in [1.807, 2.05) is 0 Å². The van der Waals surface area contributed by atoms with Gasteiger partial charge in [0, 0.05) is 60.6 Å². The lowest BCUT2D eigenvalue weighted by Gasteiger charge is -2.29. The number of hydrogen-bond acceptors (Lipinski definition) is 9. The number of ether oxygens (including phenoxy) is 2. The molecule has 4 aromatic carbocycles. The number of benzene rings is 4. The van der Waals surface area contributed by atoms with Crippen molar-refractivity contribution >= 4 is 70.9 Å². The molecule has 4 aromatic rings. The van der Waals surface area contributed by atoms with Gasteiger partial charge in [-0.3, -0.25) is 19.2 Å². The van der Waals surface area contributed by atoms with Crippen LogP contribution in [0.1, 0.15) is 36.8 Å². The van der Waals surface area contributed by atoms with Crippen LogP contribution >= 0.6 is 35.0 Å². The van der Waals surface area contributed by atoms with E-state index in [4.69, 9.17) is 32.7 Å². The highest BCUT2D eigenvalue weighted by Gasteiger charge is 2.30. The Bertz CT molecular complexity index is 2190. The first-order valence-corrected chi connectivity index (χ1v) is 20.3. The lowest BCUT2D eigenvalue weighted by Crippen LogP contribution is -2.41. The number of carbonyl (C=O) groups is 4. The molecule has 6 rings (SSSR count). The first-order valence-electron chi connectivity index (χ1n) is 18.8.